The molecule has 3 aromatic heterocycles. The summed E-state index contributed by atoms with van der Waals surface area (Å²) in [5.74, 6) is 0.999. The SMILES string of the molecule is CCn1c2c(-c3cnn(CC4C=CC=CC4C)c3)cc(Br)cc2c2ccnc(C)c21. The Kier molecular flexibility index (Phi) is 4.86. The van der Waals surface area contributed by atoms with E-state index in [2.05, 4.69) is 99.6 Å². The van der Waals surface area contributed by atoms with E-state index in [0.29, 0.717) is 11.8 Å². The molecule has 1 aliphatic rings. The fourth-order valence-electron chi connectivity index (χ4n) is 4.67. The zero-order valence-corrected chi connectivity index (χ0v) is 19.1. The van der Waals surface area contributed by atoms with Gasteiger partial charge in [-0.3, -0.25) is 9.67 Å². The Labute approximate surface area is 185 Å². The summed E-state index contributed by atoms with van der Waals surface area (Å²) in [6.45, 7) is 8.34. The van der Waals surface area contributed by atoms with E-state index in [9.17, 15) is 0 Å². The molecule has 2 unspecified atom stereocenters. The normalized spacial score (nSPS) is 18.7. The molecule has 1 aliphatic carbocycles. The van der Waals surface area contributed by atoms with Crippen molar-refractivity contribution >= 4 is 37.7 Å². The average Bonchev–Trinajstić information content (AvgIpc) is 3.32. The molecule has 4 nitrogen and oxygen atoms in total. The summed E-state index contributed by atoms with van der Waals surface area (Å²) in [5.41, 5.74) is 5.88. The first-order valence-corrected chi connectivity index (χ1v) is 11.3. The Morgan fingerprint density at radius 2 is 1.93 bits per heavy atom. The van der Waals surface area contributed by atoms with Crippen LogP contribution in [0.25, 0.3) is 32.9 Å². The number of halogens is 1. The van der Waals surface area contributed by atoms with Crippen molar-refractivity contribution in [3.63, 3.8) is 0 Å². The summed E-state index contributed by atoms with van der Waals surface area (Å²) < 4.78 is 5.55. The van der Waals surface area contributed by atoms with Crippen molar-refractivity contribution in [3.8, 4) is 11.1 Å². The molecule has 0 saturated heterocycles. The van der Waals surface area contributed by atoms with Gasteiger partial charge < -0.3 is 4.57 Å². The number of aromatic nitrogens is 4. The Hall–Kier alpha value is -2.66. The third-order valence-corrected chi connectivity index (χ3v) is 6.69. The Bertz CT molecular complexity index is 1310. The number of hydrogen-bond donors (Lipinski definition) is 0. The topological polar surface area (TPSA) is 35.6 Å². The van der Waals surface area contributed by atoms with E-state index >= 15 is 0 Å². The Balaban J connectivity index is 1.66. The largest absolute Gasteiger partial charge is 0.339 e. The van der Waals surface area contributed by atoms with Gasteiger partial charge in [0.25, 0.3) is 0 Å². The molecule has 0 fully saturated rings. The third-order valence-electron chi connectivity index (χ3n) is 6.23. The number of pyridine rings is 1. The molecule has 1 aromatic carbocycles. The smallest absolute Gasteiger partial charge is 0.0707 e. The highest BCUT2D eigenvalue weighted by atomic mass is 79.9. The first kappa shape index (κ1) is 19.3. The van der Waals surface area contributed by atoms with Crippen molar-refractivity contribution in [3.05, 3.63) is 71.3 Å². The maximum absolute atomic E-state index is 4.71. The molecular weight excluding hydrogens is 436 g/mol. The van der Waals surface area contributed by atoms with Crippen molar-refractivity contribution in [2.24, 2.45) is 11.8 Å². The van der Waals surface area contributed by atoms with Gasteiger partial charge in [0.1, 0.15) is 0 Å². The van der Waals surface area contributed by atoms with Crippen molar-refractivity contribution in [2.75, 3.05) is 0 Å². The molecule has 5 rings (SSSR count). The van der Waals surface area contributed by atoms with Crippen LogP contribution in [-0.2, 0) is 13.1 Å². The number of allylic oxidation sites excluding steroid dienone is 4. The van der Waals surface area contributed by atoms with Crippen LogP contribution in [-0.4, -0.2) is 19.3 Å². The Morgan fingerprint density at radius 1 is 1.10 bits per heavy atom. The predicted octanol–water partition coefficient (Wildman–Crippen LogP) is 6.52. The molecule has 2 atom stereocenters. The van der Waals surface area contributed by atoms with E-state index in [0.717, 1.165) is 28.8 Å². The van der Waals surface area contributed by atoms with Crippen LogP contribution in [0.3, 0.4) is 0 Å². The van der Waals surface area contributed by atoms with Gasteiger partial charge in [-0.1, -0.05) is 47.2 Å². The second-order valence-electron chi connectivity index (χ2n) is 8.13. The van der Waals surface area contributed by atoms with Gasteiger partial charge in [-0.25, -0.2) is 0 Å². The highest BCUT2D eigenvalue weighted by Gasteiger charge is 2.19. The lowest BCUT2D eigenvalue weighted by Gasteiger charge is -2.20. The highest BCUT2D eigenvalue weighted by molar-refractivity contribution is 9.10. The zero-order valence-electron chi connectivity index (χ0n) is 17.5. The van der Waals surface area contributed by atoms with Gasteiger partial charge in [0.05, 0.1) is 22.9 Å². The van der Waals surface area contributed by atoms with Crippen LogP contribution in [0.4, 0.5) is 0 Å². The van der Waals surface area contributed by atoms with Gasteiger partial charge in [0.15, 0.2) is 0 Å². The fourth-order valence-corrected chi connectivity index (χ4v) is 5.13. The monoisotopic (exact) mass is 460 g/mol. The lowest BCUT2D eigenvalue weighted by Crippen LogP contribution is -2.16. The van der Waals surface area contributed by atoms with Gasteiger partial charge in [-0.05, 0) is 38.0 Å². The zero-order chi connectivity index (χ0) is 20.8. The van der Waals surface area contributed by atoms with Crippen LogP contribution in [0.1, 0.15) is 19.5 Å². The molecule has 3 heterocycles. The van der Waals surface area contributed by atoms with E-state index in [-0.39, 0.29) is 0 Å². The van der Waals surface area contributed by atoms with Crippen LogP contribution < -0.4 is 0 Å². The molecule has 5 heteroatoms. The average molecular weight is 461 g/mol. The summed E-state index contributed by atoms with van der Waals surface area (Å²) in [6.07, 6.45) is 14.9. The van der Waals surface area contributed by atoms with Crippen LogP contribution >= 0.6 is 15.9 Å². The van der Waals surface area contributed by atoms with E-state index in [4.69, 9.17) is 5.10 Å². The number of aryl methyl sites for hydroxylation is 2. The van der Waals surface area contributed by atoms with E-state index in [1.54, 1.807) is 0 Å². The third kappa shape index (κ3) is 3.12. The van der Waals surface area contributed by atoms with Gasteiger partial charge >= 0.3 is 0 Å². The summed E-state index contributed by atoms with van der Waals surface area (Å²) in [5, 5.41) is 7.21. The van der Waals surface area contributed by atoms with Crippen molar-refractivity contribution in [1.82, 2.24) is 19.3 Å². The fraction of sp³-hybridized carbons (Fsp3) is 0.280. The molecule has 30 heavy (non-hydrogen) atoms. The molecule has 0 N–H and O–H groups in total. The Morgan fingerprint density at radius 3 is 2.73 bits per heavy atom. The van der Waals surface area contributed by atoms with Gasteiger partial charge in [-0.15, -0.1) is 0 Å². The summed E-state index contributed by atoms with van der Waals surface area (Å²) in [4.78, 5) is 4.55. The molecule has 0 radical (unpaired) electrons. The predicted molar refractivity (Wildman–Crippen MR) is 128 cm³/mol. The number of hydrogen-bond acceptors (Lipinski definition) is 2. The molecule has 0 saturated carbocycles. The molecule has 4 aromatic rings. The summed E-state index contributed by atoms with van der Waals surface area (Å²) >= 11 is 3.74. The lowest BCUT2D eigenvalue weighted by molar-refractivity contribution is 0.412. The van der Waals surface area contributed by atoms with Crippen LogP contribution in [0.2, 0.25) is 0 Å². The first-order chi connectivity index (χ1) is 14.6. The minimum absolute atomic E-state index is 0.473. The van der Waals surface area contributed by atoms with E-state index in [1.165, 1.54) is 27.4 Å². The highest BCUT2D eigenvalue weighted by Crippen LogP contribution is 2.39. The van der Waals surface area contributed by atoms with Crippen molar-refractivity contribution in [2.45, 2.75) is 33.9 Å². The number of benzene rings is 1. The molecule has 0 amide bonds. The van der Waals surface area contributed by atoms with Crippen LogP contribution in [0.15, 0.2) is 65.6 Å². The first-order valence-electron chi connectivity index (χ1n) is 10.5. The van der Waals surface area contributed by atoms with Crippen molar-refractivity contribution < 1.29 is 0 Å². The van der Waals surface area contributed by atoms with E-state index in [1.807, 2.05) is 12.4 Å². The maximum atomic E-state index is 4.71. The number of rotatable bonds is 4. The second-order valence-corrected chi connectivity index (χ2v) is 9.05. The van der Waals surface area contributed by atoms with Crippen molar-refractivity contribution in [1.29, 1.82) is 0 Å². The molecular formula is C25H25BrN4. The van der Waals surface area contributed by atoms with Gasteiger partial charge in [0.2, 0.25) is 0 Å². The molecule has 0 spiro atoms. The molecule has 0 aliphatic heterocycles. The number of fused-ring (bicyclic) bond motifs is 3. The molecule has 152 valence electrons. The number of nitrogens with zero attached hydrogens (tertiary/aromatic N) is 4. The standard InChI is InChI=1S/C25H25BrN4/c1-4-30-24-17(3)27-10-9-21(24)23-12-20(26)11-22(25(23)30)19-13-28-29(15-19)14-18-8-6-5-7-16(18)2/h5-13,15-16,18H,4,14H2,1-3H3. The molecule has 0 bridgehead atoms. The van der Waals surface area contributed by atoms with Crippen LogP contribution in [0.5, 0.6) is 0 Å². The van der Waals surface area contributed by atoms with E-state index < -0.39 is 0 Å². The van der Waals surface area contributed by atoms with Gasteiger partial charge in [-0.2, -0.15) is 5.10 Å². The van der Waals surface area contributed by atoms with Crippen LogP contribution in [0, 0.1) is 18.8 Å². The maximum Gasteiger partial charge on any atom is 0.0707 e. The van der Waals surface area contributed by atoms with Gasteiger partial charge in [0, 0.05) is 57.8 Å². The quantitative estimate of drug-likeness (QED) is 0.347. The second kappa shape index (κ2) is 7.55. The lowest BCUT2D eigenvalue weighted by atomic mass is 9.90. The minimum atomic E-state index is 0.473. The minimum Gasteiger partial charge on any atom is -0.339 e. The summed E-state index contributed by atoms with van der Waals surface area (Å²) in [7, 11) is 0. The summed E-state index contributed by atoms with van der Waals surface area (Å²) in [6, 6.07) is 6.56.